The number of rotatable bonds is 6. The Balaban J connectivity index is 2.82. The number of sulfonamides is 1. The van der Waals surface area contributed by atoms with Crippen molar-refractivity contribution in [1.82, 2.24) is 4.72 Å². The minimum absolute atomic E-state index is 0.00345. The normalized spacial score (nSPS) is 15.1. The Labute approximate surface area is 122 Å². The van der Waals surface area contributed by atoms with Crippen LogP contribution in [0, 0.1) is 0 Å². The second-order valence-electron chi connectivity index (χ2n) is 6.38. The van der Waals surface area contributed by atoms with Gasteiger partial charge in [-0.1, -0.05) is 37.3 Å². The zero-order chi connectivity index (χ0) is 15.6. The molecule has 2 N–H and O–H groups in total. The largest absolute Gasteiger partial charge is 0.389 e. The van der Waals surface area contributed by atoms with Gasteiger partial charge in [0, 0.05) is 0 Å². The van der Waals surface area contributed by atoms with Crippen LogP contribution < -0.4 is 4.72 Å². The molecular weight excluding hydrogens is 274 g/mol. The minimum Gasteiger partial charge on any atom is -0.389 e. The molecule has 114 valence electrons. The third-order valence-electron chi connectivity index (χ3n) is 3.78. The molecule has 0 heterocycles. The predicted octanol–water partition coefficient (Wildman–Crippen LogP) is 2.26. The lowest BCUT2D eigenvalue weighted by atomic mass is 9.87. The Morgan fingerprint density at radius 2 is 1.65 bits per heavy atom. The number of hydrogen-bond acceptors (Lipinski definition) is 3. The molecule has 0 radical (unpaired) electrons. The van der Waals surface area contributed by atoms with E-state index in [0.717, 1.165) is 5.56 Å². The molecule has 0 aliphatic carbocycles. The van der Waals surface area contributed by atoms with E-state index in [1.807, 2.05) is 37.3 Å². The average Bonchev–Trinajstić information content (AvgIpc) is 2.26. The summed E-state index contributed by atoms with van der Waals surface area (Å²) in [6.07, 6.45) is 0. The lowest BCUT2D eigenvalue weighted by molar-refractivity contribution is 0.00638. The van der Waals surface area contributed by atoms with Crippen molar-refractivity contribution < 1.29 is 13.5 Å². The van der Waals surface area contributed by atoms with Crippen molar-refractivity contribution >= 4 is 10.0 Å². The minimum atomic E-state index is -3.48. The lowest BCUT2D eigenvalue weighted by Gasteiger charge is -2.37. The van der Waals surface area contributed by atoms with E-state index in [0.29, 0.717) is 0 Å². The second-order valence-corrected chi connectivity index (χ2v) is 8.15. The van der Waals surface area contributed by atoms with Crippen molar-refractivity contribution in [3.05, 3.63) is 35.9 Å². The van der Waals surface area contributed by atoms with Crippen molar-refractivity contribution in [3.63, 3.8) is 0 Å². The van der Waals surface area contributed by atoms with Gasteiger partial charge in [0.05, 0.1) is 16.9 Å². The summed E-state index contributed by atoms with van der Waals surface area (Å²) in [6.45, 7) is 8.42. The maximum Gasteiger partial charge on any atom is 0.212 e. The van der Waals surface area contributed by atoms with Crippen LogP contribution >= 0.6 is 0 Å². The molecule has 0 amide bonds. The molecule has 5 heteroatoms. The highest BCUT2D eigenvalue weighted by atomic mass is 32.2. The van der Waals surface area contributed by atoms with E-state index < -0.39 is 21.2 Å². The van der Waals surface area contributed by atoms with E-state index in [1.54, 1.807) is 27.7 Å². The zero-order valence-corrected chi connectivity index (χ0v) is 13.7. The maximum absolute atomic E-state index is 12.3. The first-order chi connectivity index (χ1) is 8.95. The highest BCUT2D eigenvalue weighted by molar-refractivity contribution is 7.89. The van der Waals surface area contributed by atoms with Gasteiger partial charge in [0.1, 0.15) is 0 Å². The van der Waals surface area contributed by atoms with Gasteiger partial charge < -0.3 is 5.11 Å². The highest BCUT2D eigenvalue weighted by Gasteiger charge is 2.38. The van der Waals surface area contributed by atoms with Crippen LogP contribution in [0.1, 0.15) is 46.1 Å². The fourth-order valence-electron chi connectivity index (χ4n) is 1.76. The molecule has 0 saturated heterocycles. The van der Waals surface area contributed by atoms with Crippen LogP contribution in [0.2, 0.25) is 0 Å². The molecule has 1 aromatic carbocycles. The molecule has 0 saturated carbocycles. The van der Waals surface area contributed by atoms with Crippen molar-refractivity contribution in [3.8, 4) is 0 Å². The van der Waals surface area contributed by atoms with Crippen molar-refractivity contribution in [2.75, 3.05) is 5.75 Å². The first-order valence-corrected chi connectivity index (χ1v) is 8.39. The van der Waals surface area contributed by atoms with E-state index >= 15 is 0 Å². The molecule has 0 spiro atoms. The fraction of sp³-hybridized carbons (Fsp3) is 0.600. The Hall–Kier alpha value is -0.910. The maximum atomic E-state index is 12.3. The molecule has 1 aromatic rings. The number of hydrogen-bond donors (Lipinski definition) is 2. The monoisotopic (exact) mass is 299 g/mol. The summed E-state index contributed by atoms with van der Waals surface area (Å²) in [6, 6.07) is 9.53. The summed E-state index contributed by atoms with van der Waals surface area (Å²) in [4.78, 5) is 0. The smallest absolute Gasteiger partial charge is 0.212 e. The van der Waals surface area contributed by atoms with Gasteiger partial charge in [-0.3, -0.25) is 0 Å². The van der Waals surface area contributed by atoms with E-state index in [9.17, 15) is 13.5 Å². The molecule has 1 unspecified atom stereocenters. The van der Waals surface area contributed by atoms with Crippen molar-refractivity contribution in [2.45, 2.75) is 51.7 Å². The summed E-state index contributed by atoms with van der Waals surface area (Å²) in [7, 11) is -3.48. The molecule has 1 atom stereocenters. The van der Waals surface area contributed by atoms with Crippen LogP contribution in [0.25, 0.3) is 0 Å². The third kappa shape index (κ3) is 4.58. The molecule has 0 aromatic heterocycles. The lowest BCUT2D eigenvalue weighted by Crippen LogP contribution is -2.58. The molecular formula is C15H25NO3S. The predicted molar refractivity (Wildman–Crippen MR) is 82.2 cm³/mol. The number of aliphatic hydroxyl groups is 1. The van der Waals surface area contributed by atoms with Crippen molar-refractivity contribution in [1.29, 1.82) is 0 Å². The fourth-order valence-corrected chi connectivity index (χ4v) is 3.72. The van der Waals surface area contributed by atoms with Gasteiger partial charge in [-0.25, -0.2) is 13.1 Å². The first-order valence-electron chi connectivity index (χ1n) is 6.73. The van der Waals surface area contributed by atoms with Crippen LogP contribution in [0.15, 0.2) is 30.3 Å². The quantitative estimate of drug-likeness (QED) is 0.846. The Bertz CT molecular complexity index is 530. The Morgan fingerprint density at radius 1 is 1.15 bits per heavy atom. The van der Waals surface area contributed by atoms with Gasteiger partial charge in [0.15, 0.2) is 0 Å². The van der Waals surface area contributed by atoms with Gasteiger partial charge >= 0.3 is 0 Å². The van der Waals surface area contributed by atoms with E-state index in [2.05, 4.69) is 4.72 Å². The summed E-state index contributed by atoms with van der Waals surface area (Å²) < 4.78 is 27.1. The summed E-state index contributed by atoms with van der Waals surface area (Å²) in [5.74, 6) is -0.109. The average molecular weight is 299 g/mol. The third-order valence-corrected chi connectivity index (χ3v) is 5.54. The van der Waals surface area contributed by atoms with Crippen LogP contribution in [-0.2, 0) is 10.0 Å². The SMILES string of the molecule is CC(CS(=O)(=O)NC(C)(C)C(C)(C)O)c1ccccc1. The second kappa shape index (κ2) is 5.84. The van der Waals surface area contributed by atoms with Gasteiger partial charge in [0.25, 0.3) is 0 Å². The molecule has 4 nitrogen and oxygen atoms in total. The van der Waals surface area contributed by atoms with Crippen LogP contribution in [0.5, 0.6) is 0 Å². The molecule has 0 bridgehead atoms. The Kier molecular flexibility index (Phi) is 5.00. The molecule has 0 aliphatic rings. The summed E-state index contributed by atoms with van der Waals surface area (Å²) in [5.41, 5.74) is -1.09. The Morgan fingerprint density at radius 3 is 2.10 bits per heavy atom. The topological polar surface area (TPSA) is 66.4 Å². The van der Waals surface area contributed by atoms with E-state index in [1.165, 1.54) is 0 Å². The van der Waals surface area contributed by atoms with Gasteiger partial charge in [0.2, 0.25) is 10.0 Å². The van der Waals surface area contributed by atoms with Crippen LogP contribution in [-0.4, -0.2) is 30.4 Å². The summed E-state index contributed by atoms with van der Waals surface area (Å²) >= 11 is 0. The van der Waals surface area contributed by atoms with Gasteiger partial charge in [-0.15, -0.1) is 0 Å². The molecule has 1 rings (SSSR count). The van der Waals surface area contributed by atoms with Gasteiger partial charge in [-0.05, 0) is 39.2 Å². The summed E-state index contributed by atoms with van der Waals surface area (Å²) in [5, 5.41) is 10.0. The molecule has 0 aliphatic heterocycles. The number of nitrogens with one attached hydrogen (secondary N) is 1. The first kappa shape index (κ1) is 17.1. The van der Waals surface area contributed by atoms with Crippen LogP contribution in [0.4, 0.5) is 0 Å². The van der Waals surface area contributed by atoms with Crippen molar-refractivity contribution in [2.24, 2.45) is 0 Å². The molecule has 0 fully saturated rings. The van der Waals surface area contributed by atoms with Gasteiger partial charge in [-0.2, -0.15) is 0 Å². The number of benzene rings is 1. The zero-order valence-electron chi connectivity index (χ0n) is 12.8. The molecule has 20 heavy (non-hydrogen) atoms. The van der Waals surface area contributed by atoms with Crippen LogP contribution in [0.3, 0.4) is 0 Å². The van der Waals surface area contributed by atoms with E-state index in [4.69, 9.17) is 0 Å². The standard InChI is InChI=1S/C15H25NO3S/c1-12(13-9-7-6-8-10-13)11-20(18,19)16-14(2,3)15(4,5)17/h6-10,12,16-17H,11H2,1-5H3. The highest BCUT2D eigenvalue weighted by Crippen LogP contribution is 2.23. The van der Waals surface area contributed by atoms with E-state index in [-0.39, 0.29) is 11.7 Å².